The predicted octanol–water partition coefficient (Wildman–Crippen LogP) is 1.68. The van der Waals surface area contributed by atoms with Gasteiger partial charge in [0.25, 0.3) is 5.56 Å². The molecule has 0 spiro atoms. The van der Waals surface area contributed by atoms with Crippen molar-refractivity contribution < 1.29 is 4.79 Å². The topological polar surface area (TPSA) is 119 Å². The van der Waals surface area contributed by atoms with E-state index in [1.54, 1.807) is 0 Å². The first kappa shape index (κ1) is 23.0. The van der Waals surface area contributed by atoms with Gasteiger partial charge in [0.15, 0.2) is 11.2 Å². The number of carbonyl (C=O) groups is 1. The third-order valence-electron chi connectivity index (χ3n) is 6.35. The number of likely N-dealkylation sites (tertiary alicyclic amines) is 1. The number of carbonyl (C=O) groups excluding carboxylic acids is 1. The average Bonchev–Trinajstić information content (AvgIpc) is 3.14. The molecule has 2 aromatic heterocycles. The third kappa shape index (κ3) is 5.08. The maximum Gasteiger partial charge on any atom is 0.330 e. The van der Waals surface area contributed by atoms with E-state index in [-0.39, 0.29) is 11.8 Å². The highest BCUT2D eigenvalue weighted by atomic mass is 16.2. The van der Waals surface area contributed by atoms with Crippen LogP contribution >= 0.6 is 0 Å². The lowest BCUT2D eigenvalue weighted by Crippen LogP contribution is -2.41. The molecule has 9 heteroatoms. The second kappa shape index (κ2) is 9.74. The zero-order chi connectivity index (χ0) is 23.5. The van der Waals surface area contributed by atoms with Crippen LogP contribution in [-0.2, 0) is 24.4 Å². The van der Waals surface area contributed by atoms with Crippen LogP contribution in [0, 0.1) is 11.8 Å². The number of primary amides is 1. The number of rotatable bonds is 8. The van der Waals surface area contributed by atoms with Gasteiger partial charge in [-0.1, -0.05) is 44.2 Å². The van der Waals surface area contributed by atoms with Crippen LogP contribution in [0.1, 0.15) is 44.5 Å². The molecule has 0 saturated carbocycles. The van der Waals surface area contributed by atoms with Gasteiger partial charge < -0.3 is 10.3 Å². The summed E-state index contributed by atoms with van der Waals surface area (Å²) in [5.41, 5.74) is 6.43. The second-order valence-electron chi connectivity index (χ2n) is 9.34. The van der Waals surface area contributed by atoms with E-state index in [0.29, 0.717) is 43.3 Å². The van der Waals surface area contributed by atoms with E-state index in [1.165, 1.54) is 4.57 Å². The van der Waals surface area contributed by atoms with Crippen LogP contribution in [0.3, 0.4) is 0 Å². The molecule has 1 amide bonds. The van der Waals surface area contributed by atoms with Crippen LogP contribution in [0.4, 0.5) is 0 Å². The van der Waals surface area contributed by atoms with E-state index in [0.717, 1.165) is 37.2 Å². The van der Waals surface area contributed by atoms with E-state index in [9.17, 15) is 14.4 Å². The van der Waals surface area contributed by atoms with E-state index in [4.69, 9.17) is 10.7 Å². The van der Waals surface area contributed by atoms with Crippen molar-refractivity contribution in [2.75, 3.05) is 13.1 Å². The Balaban J connectivity index is 1.78. The zero-order valence-electron chi connectivity index (χ0n) is 19.3. The Morgan fingerprint density at radius 2 is 1.94 bits per heavy atom. The number of hydrogen-bond donors (Lipinski definition) is 2. The molecule has 3 N–H and O–H groups in total. The number of nitrogens with two attached hydrogens (primary N) is 1. The summed E-state index contributed by atoms with van der Waals surface area (Å²) in [7, 11) is 0. The number of hydrogen-bond acceptors (Lipinski definition) is 5. The Bertz CT molecular complexity index is 1240. The monoisotopic (exact) mass is 452 g/mol. The molecule has 176 valence electrons. The van der Waals surface area contributed by atoms with Crippen LogP contribution in [-0.4, -0.2) is 43.0 Å². The summed E-state index contributed by atoms with van der Waals surface area (Å²) in [6.07, 6.45) is 2.56. The maximum absolute atomic E-state index is 12.9. The Morgan fingerprint density at radius 3 is 2.64 bits per heavy atom. The Hall–Kier alpha value is -3.20. The zero-order valence-corrected chi connectivity index (χ0v) is 19.3. The summed E-state index contributed by atoms with van der Waals surface area (Å²) in [6.45, 7) is 7.13. The highest BCUT2D eigenvalue weighted by Gasteiger charge is 2.26. The van der Waals surface area contributed by atoms with E-state index >= 15 is 0 Å². The normalized spacial score (nSPS) is 17.1. The molecule has 0 aliphatic carbocycles. The molecule has 1 aliphatic heterocycles. The SMILES string of the molecule is CC(C)CCn1c(CN2CCC[C@@H](C(N)=O)C2)nc2c1c(=O)[nH]c(=O)n2Cc1ccccc1. The first-order valence-corrected chi connectivity index (χ1v) is 11.6. The molecule has 1 fully saturated rings. The van der Waals surface area contributed by atoms with E-state index < -0.39 is 11.2 Å². The summed E-state index contributed by atoms with van der Waals surface area (Å²) in [4.78, 5) is 46.9. The van der Waals surface area contributed by atoms with Gasteiger partial charge in [-0.25, -0.2) is 9.78 Å². The lowest BCUT2D eigenvalue weighted by molar-refractivity contribution is -0.123. The van der Waals surface area contributed by atoms with Crippen LogP contribution in [0.25, 0.3) is 11.2 Å². The number of nitrogens with one attached hydrogen (secondary N) is 1. The summed E-state index contributed by atoms with van der Waals surface area (Å²) < 4.78 is 3.48. The number of aromatic amines is 1. The molecule has 1 aliphatic rings. The lowest BCUT2D eigenvalue weighted by Gasteiger charge is -2.30. The van der Waals surface area contributed by atoms with Crippen molar-refractivity contribution >= 4 is 17.1 Å². The van der Waals surface area contributed by atoms with Crippen LogP contribution in [0.15, 0.2) is 39.9 Å². The number of nitrogens with zero attached hydrogens (tertiary/aromatic N) is 4. The molecular formula is C24H32N6O3. The van der Waals surface area contributed by atoms with Gasteiger partial charge in [-0.05, 0) is 37.3 Å². The van der Waals surface area contributed by atoms with Gasteiger partial charge in [0.1, 0.15) is 5.82 Å². The summed E-state index contributed by atoms with van der Waals surface area (Å²) in [5, 5.41) is 0. The smallest absolute Gasteiger partial charge is 0.330 e. The molecule has 1 atom stereocenters. The van der Waals surface area contributed by atoms with Crippen molar-refractivity contribution in [3.63, 3.8) is 0 Å². The van der Waals surface area contributed by atoms with Gasteiger partial charge in [0.05, 0.1) is 19.0 Å². The number of piperidine rings is 1. The summed E-state index contributed by atoms with van der Waals surface area (Å²) in [6, 6.07) is 9.64. The molecular weight excluding hydrogens is 420 g/mol. The second-order valence-corrected chi connectivity index (χ2v) is 9.34. The molecule has 0 bridgehead atoms. The van der Waals surface area contributed by atoms with Crippen LogP contribution in [0.5, 0.6) is 0 Å². The lowest BCUT2D eigenvalue weighted by atomic mass is 9.97. The van der Waals surface area contributed by atoms with Gasteiger partial charge in [-0.15, -0.1) is 0 Å². The molecule has 1 saturated heterocycles. The fraction of sp³-hybridized carbons (Fsp3) is 0.500. The third-order valence-corrected chi connectivity index (χ3v) is 6.35. The van der Waals surface area contributed by atoms with E-state index in [1.807, 2.05) is 34.9 Å². The molecule has 0 radical (unpaired) electrons. The number of benzene rings is 1. The van der Waals surface area contributed by atoms with Crippen LogP contribution < -0.4 is 17.0 Å². The Kier molecular flexibility index (Phi) is 6.78. The van der Waals surface area contributed by atoms with Gasteiger partial charge in [-0.2, -0.15) is 0 Å². The Morgan fingerprint density at radius 1 is 1.18 bits per heavy atom. The van der Waals surface area contributed by atoms with Crippen molar-refractivity contribution in [1.29, 1.82) is 0 Å². The van der Waals surface area contributed by atoms with Crippen LogP contribution in [0.2, 0.25) is 0 Å². The van der Waals surface area contributed by atoms with Gasteiger partial charge in [0, 0.05) is 13.1 Å². The predicted molar refractivity (Wildman–Crippen MR) is 127 cm³/mol. The largest absolute Gasteiger partial charge is 0.369 e. The molecule has 33 heavy (non-hydrogen) atoms. The van der Waals surface area contributed by atoms with Crippen molar-refractivity contribution in [3.05, 3.63) is 62.6 Å². The maximum atomic E-state index is 12.9. The van der Waals surface area contributed by atoms with Crippen molar-refractivity contribution in [3.8, 4) is 0 Å². The molecule has 3 heterocycles. The van der Waals surface area contributed by atoms with Crippen molar-refractivity contribution in [1.82, 2.24) is 24.0 Å². The number of aromatic nitrogens is 4. The minimum Gasteiger partial charge on any atom is -0.369 e. The fourth-order valence-corrected chi connectivity index (χ4v) is 4.51. The summed E-state index contributed by atoms with van der Waals surface area (Å²) >= 11 is 0. The van der Waals surface area contributed by atoms with Crippen molar-refractivity contribution in [2.24, 2.45) is 17.6 Å². The number of imidazole rings is 1. The molecule has 4 rings (SSSR count). The number of aryl methyl sites for hydroxylation is 1. The number of amides is 1. The molecule has 3 aromatic rings. The average molecular weight is 453 g/mol. The van der Waals surface area contributed by atoms with Gasteiger partial charge in [-0.3, -0.25) is 24.0 Å². The first-order valence-electron chi connectivity index (χ1n) is 11.6. The molecule has 0 unspecified atom stereocenters. The Labute approximate surface area is 192 Å². The van der Waals surface area contributed by atoms with E-state index in [2.05, 4.69) is 23.7 Å². The minimum absolute atomic E-state index is 0.174. The molecule has 9 nitrogen and oxygen atoms in total. The molecule has 1 aromatic carbocycles. The number of H-pyrrole nitrogens is 1. The van der Waals surface area contributed by atoms with Crippen molar-refractivity contribution in [2.45, 2.75) is 52.7 Å². The quantitative estimate of drug-likeness (QED) is 0.539. The fourth-order valence-electron chi connectivity index (χ4n) is 4.51. The number of fused-ring (bicyclic) bond motifs is 1. The first-order chi connectivity index (χ1) is 15.8. The van der Waals surface area contributed by atoms with Gasteiger partial charge >= 0.3 is 5.69 Å². The highest BCUT2D eigenvalue weighted by molar-refractivity contribution is 5.77. The van der Waals surface area contributed by atoms with Gasteiger partial charge in [0.2, 0.25) is 5.91 Å². The highest BCUT2D eigenvalue weighted by Crippen LogP contribution is 2.21. The summed E-state index contributed by atoms with van der Waals surface area (Å²) in [5.74, 6) is 0.723. The minimum atomic E-state index is -0.469. The standard InChI is InChI=1S/C24H32N6O3/c1-16(2)10-12-29-19(15-28-11-6-9-18(14-28)21(25)31)26-22-20(29)23(32)27-24(33)30(22)13-17-7-4-3-5-8-17/h3-5,7-8,16,18H,6,9-15H2,1-2H3,(H2,25,31)(H,27,32,33)/t18-/m1/s1.